The minimum absolute atomic E-state index is 0.212. The molecule has 3 nitrogen and oxygen atoms in total. The van der Waals surface area contributed by atoms with Crippen molar-refractivity contribution in [3.8, 4) is 0 Å². The van der Waals surface area contributed by atoms with E-state index in [-0.39, 0.29) is 5.97 Å². The fourth-order valence-corrected chi connectivity index (χ4v) is 2.33. The van der Waals surface area contributed by atoms with E-state index in [0.29, 0.717) is 11.7 Å². The van der Waals surface area contributed by atoms with E-state index in [2.05, 4.69) is 23.6 Å². The Morgan fingerprint density at radius 1 is 1.59 bits per heavy atom. The maximum Gasteiger partial charge on any atom is 0.309 e. The Morgan fingerprint density at radius 2 is 2.35 bits per heavy atom. The van der Waals surface area contributed by atoms with Crippen LogP contribution in [-0.4, -0.2) is 23.8 Å². The van der Waals surface area contributed by atoms with Gasteiger partial charge in [0.2, 0.25) is 0 Å². The summed E-state index contributed by atoms with van der Waals surface area (Å²) in [7, 11) is 1.41. The average Bonchev–Trinajstić information content (AvgIpc) is 2.36. The second kappa shape index (κ2) is 7.33. The van der Waals surface area contributed by atoms with E-state index in [1.165, 1.54) is 7.11 Å². The zero-order chi connectivity index (χ0) is 12.7. The normalized spacial score (nSPS) is 12.2. The molecule has 1 aromatic rings. The molecule has 1 atom stereocenters. The maximum absolute atomic E-state index is 11.2. The van der Waals surface area contributed by atoms with Crippen LogP contribution < -0.4 is 0 Å². The summed E-state index contributed by atoms with van der Waals surface area (Å²) in [6.07, 6.45) is 3.24. The predicted molar refractivity (Wildman–Crippen MR) is 71.1 cm³/mol. The lowest BCUT2D eigenvalue weighted by Gasteiger charge is -2.11. The van der Waals surface area contributed by atoms with Crippen molar-refractivity contribution < 1.29 is 9.53 Å². The fraction of sp³-hybridized carbons (Fsp3) is 0.538. The third-order valence-electron chi connectivity index (χ3n) is 2.41. The van der Waals surface area contributed by atoms with Crippen molar-refractivity contribution in [2.45, 2.75) is 31.9 Å². The number of pyridine rings is 1. The van der Waals surface area contributed by atoms with Crippen molar-refractivity contribution >= 4 is 17.7 Å². The molecule has 0 aliphatic rings. The SMILES string of the molecule is CCCSC(C)c1cc(CC(=O)OC)ccn1. The summed E-state index contributed by atoms with van der Waals surface area (Å²) in [5.74, 6) is 0.917. The first kappa shape index (κ1) is 14.0. The molecule has 1 aromatic heterocycles. The van der Waals surface area contributed by atoms with Crippen LogP contribution in [0, 0.1) is 0 Å². The molecular weight excluding hydrogens is 234 g/mol. The number of hydrogen-bond donors (Lipinski definition) is 0. The minimum atomic E-state index is -0.212. The highest BCUT2D eigenvalue weighted by Gasteiger charge is 2.09. The molecule has 0 aliphatic carbocycles. The van der Waals surface area contributed by atoms with E-state index in [1.54, 1.807) is 6.20 Å². The second-order valence-corrected chi connectivity index (χ2v) is 5.30. The number of aromatic nitrogens is 1. The van der Waals surface area contributed by atoms with Crippen LogP contribution in [0.5, 0.6) is 0 Å². The van der Waals surface area contributed by atoms with Gasteiger partial charge in [-0.1, -0.05) is 6.92 Å². The first-order valence-electron chi connectivity index (χ1n) is 5.80. The molecule has 0 aromatic carbocycles. The van der Waals surface area contributed by atoms with E-state index in [9.17, 15) is 4.79 Å². The first-order valence-corrected chi connectivity index (χ1v) is 6.85. The molecule has 0 aliphatic heterocycles. The van der Waals surface area contributed by atoms with Crippen LogP contribution in [0.2, 0.25) is 0 Å². The van der Waals surface area contributed by atoms with Crippen molar-refractivity contribution in [1.82, 2.24) is 4.98 Å². The fourth-order valence-electron chi connectivity index (χ4n) is 1.45. The molecule has 1 rings (SSSR count). The van der Waals surface area contributed by atoms with Crippen molar-refractivity contribution in [2.75, 3.05) is 12.9 Å². The van der Waals surface area contributed by atoms with Gasteiger partial charge in [0.15, 0.2) is 0 Å². The molecule has 94 valence electrons. The van der Waals surface area contributed by atoms with Crippen molar-refractivity contribution in [1.29, 1.82) is 0 Å². The summed E-state index contributed by atoms with van der Waals surface area (Å²) in [5, 5.41) is 0.368. The van der Waals surface area contributed by atoms with Gasteiger partial charge in [-0.25, -0.2) is 0 Å². The lowest BCUT2D eigenvalue weighted by Crippen LogP contribution is -2.05. The van der Waals surface area contributed by atoms with Gasteiger partial charge in [0.25, 0.3) is 0 Å². The van der Waals surface area contributed by atoms with Crippen LogP contribution in [-0.2, 0) is 16.0 Å². The monoisotopic (exact) mass is 253 g/mol. The molecule has 1 unspecified atom stereocenters. The van der Waals surface area contributed by atoms with E-state index < -0.39 is 0 Å². The summed E-state index contributed by atoms with van der Waals surface area (Å²) < 4.78 is 4.65. The average molecular weight is 253 g/mol. The Kier molecular flexibility index (Phi) is 6.05. The highest BCUT2D eigenvalue weighted by molar-refractivity contribution is 7.99. The molecule has 17 heavy (non-hydrogen) atoms. The number of thioether (sulfide) groups is 1. The van der Waals surface area contributed by atoms with Crippen LogP contribution in [0.3, 0.4) is 0 Å². The number of nitrogens with zero attached hydrogens (tertiary/aromatic N) is 1. The van der Waals surface area contributed by atoms with E-state index in [4.69, 9.17) is 0 Å². The quantitative estimate of drug-likeness (QED) is 0.731. The Balaban J connectivity index is 2.67. The number of carbonyl (C=O) groups is 1. The molecule has 0 bridgehead atoms. The lowest BCUT2D eigenvalue weighted by atomic mass is 10.1. The third kappa shape index (κ3) is 4.77. The summed E-state index contributed by atoms with van der Waals surface area (Å²) in [6.45, 7) is 4.31. The van der Waals surface area contributed by atoms with Crippen molar-refractivity contribution in [2.24, 2.45) is 0 Å². The largest absolute Gasteiger partial charge is 0.469 e. The Hall–Kier alpha value is -1.03. The minimum Gasteiger partial charge on any atom is -0.469 e. The molecule has 0 saturated heterocycles. The summed E-state index contributed by atoms with van der Waals surface area (Å²) in [4.78, 5) is 15.5. The number of carbonyl (C=O) groups excluding carboxylic acids is 1. The van der Waals surface area contributed by atoms with Crippen LogP contribution in [0.25, 0.3) is 0 Å². The highest BCUT2D eigenvalue weighted by atomic mass is 32.2. The van der Waals surface area contributed by atoms with E-state index in [0.717, 1.165) is 23.4 Å². The number of ether oxygens (including phenoxy) is 1. The molecule has 0 fully saturated rings. The van der Waals surface area contributed by atoms with Gasteiger partial charge in [0, 0.05) is 11.4 Å². The Bertz CT molecular complexity index is 368. The van der Waals surface area contributed by atoms with Gasteiger partial charge in [-0.3, -0.25) is 9.78 Å². The van der Waals surface area contributed by atoms with Crippen LogP contribution in [0.4, 0.5) is 0 Å². The molecule has 4 heteroatoms. The molecule has 0 amide bonds. The zero-order valence-electron chi connectivity index (χ0n) is 10.6. The van der Waals surface area contributed by atoms with Gasteiger partial charge in [0.05, 0.1) is 19.2 Å². The smallest absolute Gasteiger partial charge is 0.309 e. The van der Waals surface area contributed by atoms with Gasteiger partial charge in [-0.05, 0) is 36.8 Å². The topological polar surface area (TPSA) is 39.2 Å². The van der Waals surface area contributed by atoms with Crippen molar-refractivity contribution in [3.05, 3.63) is 29.6 Å². The van der Waals surface area contributed by atoms with Gasteiger partial charge < -0.3 is 4.74 Å². The maximum atomic E-state index is 11.2. The summed E-state index contributed by atoms with van der Waals surface area (Å²) in [5.41, 5.74) is 2.00. The molecule has 1 heterocycles. The molecule has 0 saturated carbocycles. The van der Waals surface area contributed by atoms with Crippen LogP contribution in [0.1, 0.15) is 36.8 Å². The molecule has 0 N–H and O–H groups in total. The van der Waals surface area contributed by atoms with Gasteiger partial charge >= 0.3 is 5.97 Å². The van der Waals surface area contributed by atoms with Gasteiger partial charge in [-0.15, -0.1) is 0 Å². The molecule has 0 spiro atoms. The molecule has 0 radical (unpaired) electrons. The van der Waals surface area contributed by atoms with Gasteiger partial charge in [0.1, 0.15) is 0 Å². The standard InChI is InChI=1S/C13H19NO2S/c1-4-7-17-10(2)12-8-11(5-6-14-12)9-13(15)16-3/h5-6,8,10H,4,7,9H2,1-3H3. The second-order valence-electron chi connectivity index (χ2n) is 3.85. The van der Waals surface area contributed by atoms with Crippen molar-refractivity contribution in [3.63, 3.8) is 0 Å². The Morgan fingerprint density at radius 3 is 3.00 bits per heavy atom. The third-order valence-corrected chi connectivity index (χ3v) is 3.80. The van der Waals surface area contributed by atoms with Crippen LogP contribution in [0.15, 0.2) is 18.3 Å². The van der Waals surface area contributed by atoms with E-state index in [1.807, 2.05) is 23.9 Å². The zero-order valence-corrected chi connectivity index (χ0v) is 11.4. The number of methoxy groups -OCH3 is 1. The summed E-state index contributed by atoms with van der Waals surface area (Å²) in [6, 6.07) is 3.85. The molecular formula is C13H19NO2S. The highest BCUT2D eigenvalue weighted by Crippen LogP contribution is 2.27. The lowest BCUT2D eigenvalue weighted by molar-refractivity contribution is -0.139. The number of rotatable bonds is 6. The predicted octanol–water partition coefficient (Wildman–Crippen LogP) is 3.00. The van der Waals surface area contributed by atoms with Gasteiger partial charge in [-0.2, -0.15) is 11.8 Å². The van der Waals surface area contributed by atoms with Crippen LogP contribution >= 0.6 is 11.8 Å². The number of esters is 1. The number of hydrogen-bond acceptors (Lipinski definition) is 4. The first-order chi connectivity index (χ1) is 8.17. The van der Waals surface area contributed by atoms with E-state index >= 15 is 0 Å². The Labute approximate surface area is 107 Å². The summed E-state index contributed by atoms with van der Waals surface area (Å²) >= 11 is 1.88.